The number of fused-ring (bicyclic) bond motifs is 2. The Labute approximate surface area is 214 Å². The van der Waals surface area contributed by atoms with Crippen molar-refractivity contribution in [1.29, 1.82) is 0 Å². The van der Waals surface area contributed by atoms with Gasteiger partial charge in [-0.05, 0) is 44.7 Å². The average Bonchev–Trinajstić information content (AvgIpc) is 3.21. The van der Waals surface area contributed by atoms with Gasteiger partial charge in [-0.3, -0.25) is 9.59 Å². The van der Waals surface area contributed by atoms with Crippen molar-refractivity contribution in [3.05, 3.63) is 46.5 Å². The number of anilines is 3. The summed E-state index contributed by atoms with van der Waals surface area (Å²) in [5, 5.41) is 13.8. The smallest absolute Gasteiger partial charge is 0.274 e. The van der Waals surface area contributed by atoms with Gasteiger partial charge in [0.25, 0.3) is 11.5 Å². The molecule has 37 heavy (non-hydrogen) atoms. The molecule has 11 heteroatoms. The van der Waals surface area contributed by atoms with E-state index >= 15 is 0 Å². The third-order valence-corrected chi connectivity index (χ3v) is 8.20. The fraction of sp³-hybridized carbons (Fsp3) is 0.538. The van der Waals surface area contributed by atoms with Crippen LogP contribution in [0.15, 0.2) is 35.4 Å². The second kappa shape index (κ2) is 9.14. The number of methoxy groups -OCH3 is 1. The molecule has 0 unspecified atom stereocenters. The van der Waals surface area contributed by atoms with Gasteiger partial charge < -0.3 is 30.0 Å². The molecule has 3 aliphatic rings. The number of ether oxygens (including phenoxy) is 2. The Bertz CT molecular complexity index is 1390. The van der Waals surface area contributed by atoms with Crippen LogP contribution in [0.4, 0.5) is 17.3 Å². The Hall–Kier alpha value is -3.44. The maximum Gasteiger partial charge on any atom is 0.274 e. The minimum absolute atomic E-state index is 0.0151. The van der Waals surface area contributed by atoms with Crippen LogP contribution in [0.3, 0.4) is 0 Å². The van der Waals surface area contributed by atoms with Crippen molar-refractivity contribution in [2.45, 2.75) is 50.3 Å². The van der Waals surface area contributed by atoms with Crippen LogP contribution in [0.25, 0.3) is 5.65 Å². The van der Waals surface area contributed by atoms with E-state index in [0.29, 0.717) is 53.6 Å². The monoisotopic (exact) mass is 507 g/mol. The number of aromatic nitrogens is 4. The topological polar surface area (TPSA) is 124 Å². The number of carbonyl (C=O) groups excluding carboxylic acids is 1. The van der Waals surface area contributed by atoms with Crippen LogP contribution in [0.5, 0.6) is 0 Å². The van der Waals surface area contributed by atoms with Crippen LogP contribution in [0.2, 0.25) is 0 Å². The highest BCUT2D eigenvalue weighted by Gasteiger charge is 2.55. The van der Waals surface area contributed by atoms with Gasteiger partial charge in [0, 0.05) is 50.3 Å². The summed E-state index contributed by atoms with van der Waals surface area (Å²) >= 11 is 0. The molecule has 4 heterocycles. The van der Waals surface area contributed by atoms with Crippen LogP contribution < -0.4 is 21.5 Å². The summed E-state index contributed by atoms with van der Waals surface area (Å²) in [6.07, 6.45) is 7.00. The molecule has 196 valence electrons. The molecule has 0 aromatic carbocycles. The third kappa shape index (κ3) is 4.25. The van der Waals surface area contributed by atoms with Gasteiger partial charge in [-0.2, -0.15) is 9.61 Å². The molecule has 3 aromatic heterocycles. The number of hydrogen-bond donors (Lipinski definition) is 3. The van der Waals surface area contributed by atoms with E-state index < -0.39 is 0 Å². The quantitative estimate of drug-likeness (QED) is 0.446. The van der Waals surface area contributed by atoms with Gasteiger partial charge in [0.2, 0.25) is 0 Å². The number of nitrogens with zero attached hydrogens (tertiary/aromatic N) is 4. The highest BCUT2D eigenvalue weighted by atomic mass is 16.5. The molecular formula is C26H33N7O4. The molecule has 5 atom stereocenters. The van der Waals surface area contributed by atoms with Crippen molar-refractivity contribution < 1.29 is 14.3 Å². The summed E-state index contributed by atoms with van der Waals surface area (Å²) in [5.41, 5.74) is 0.877. The average molecular weight is 508 g/mol. The molecule has 6 rings (SSSR count). The molecule has 0 bridgehead atoms. The first kappa shape index (κ1) is 23.9. The number of nitrogens with one attached hydrogen (secondary N) is 3. The number of amides is 1. The van der Waals surface area contributed by atoms with Crippen LogP contribution in [-0.4, -0.2) is 64.1 Å². The van der Waals surface area contributed by atoms with Crippen LogP contribution in [0, 0.1) is 11.8 Å². The Morgan fingerprint density at radius 1 is 1.30 bits per heavy atom. The van der Waals surface area contributed by atoms with Crippen LogP contribution >= 0.6 is 0 Å². The Balaban J connectivity index is 1.27. The Morgan fingerprint density at radius 2 is 2.11 bits per heavy atom. The minimum atomic E-state index is -0.235. The molecule has 11 nitrogen and oxygen atoms in total. The minimum Gasteiger partial charge on any atom is -0.381 e. The van der Waals surface area contributed by atoms with E-state index in [1.807, 2.05) is 12.3 Å². The van der Waals surface area contributed by atoms with Crippen molar-refractivity contribution in [3.8, 4) is 0 Å². The van der Waals surface area contributed by atoms with Crippen LogP contribution in [-0.2, 0) is 9.47 Å². The number of hydrogen-bond acceptors (Lipinski definition) is 8. The molecule has 3 N–H and O–H groups in total. The van der Waals surface area contributed by atoms with Gasteiger partial charge in [-0.25, -0.2) is 4.98 Å². The molecule has 3 aromatic rings. The van der Waals surface area contributed by atoms with Gasteiger partial charge in [-0.15, -0.1) is 0 Å². The second-order valence-corrected chi connectivity index (χ2v) is 10.6. The van der Waals surface area contributed by atoms with Crippen LogP contribution in [0.1, 0.15) is 49.0 Å². The second-order valence-electron chi connectivity index (χ2n) is 10.6. The van der Waals surface area contributed by atoms with E-state index in [1.165, 1.54) is 6.20 Å². The molecule has 0 spiro atoms. The van der Waals surface area contributed by atoms with Crippen molar-refractivity contribution in [1.82, 2.24) is 24.5 Å². The zero-order valence-corrected chi connectivity index (χ0v) is 21.4. The number of carbonyl (C=O) groups is 1. The Morgan fingerprint density at radius 3 is 2.86 bits per heavy atom. The standard InChI is InChI=1S/C26H33N7O4/c1-26(36-3)8-4-6-15(11-26)29-24(34)16-12-28-33-21(27-2)10-20(31-23(16)33)30-19-7-5-9-32(25(19)35)22-17-13-37-14-18(17)22/h5,7,9-10,12,15,17-18,22,27H,4,6,8,11,13-14H2,1-3H3,(H,29,34)(H,30,31)/t15-,17-,18+,22+,26-/m1/s1. The maximum atomic E-state index is 13.3. The normalized spacial score (nSPS) is 28.6. The molecule has 0 radical (unpaired) electrons. The van der Waals surface area contributed by atoms with Crippen molar-refractivity contribution >= 4 is 28.9 Å². The number of pyridine rings is 1. The SMILES string of the molecule is CNc1cc(Nc2cccn([C@H]3[C@@H]4COC[C@@H]43)c2=O)nc2c(C(=O)N[C@@H]3CCC[C@@](C)(OC)C3)cnn12. The number of rotatable bonds is 7. The van der Waals surface area contributed by atoms with Gasteiger partial charge in [0.15, 0.2) is 5.65 Å². The van der Waals surface area contributed by atoms with E-state index in [1.54, 1.807) is 35.4 Å². The maximum absolute atomic E-state index is 13.3. The summed E-state index contributed by atoms with van der Waals surface area (Å²) in [6.45, 7) is 3.50. The van der Waals surface area contributed by atoms with Crippen molar-refractivity contribution in [2.75, 3.05) is 38.0 Å². The van der Waals surface area contributed by atoms with E-state index in [9.17, 15) is 9.59 Å². The lowest BCUT2D eigenvalue weighted by molar-refractivity contribution is -0.0314. The third-order valence-electron chi connectivity index (χ3n) is 8.20. The lowest BCUT2D eigenvalue weighted by Gasteiger charge is -2.37. The molecule has 2 aliphatic carbocycles. The fourth-order valence-electron chi connectivity index (χ4n) is 5.98. The van der Waals surface area contributed by atoms with Crippen molar-refractivity contribution in [3.63, 3.8) is 0 Å². The first-order chi connectivity index (χ1) is 17.9. The molecule has 3 fully saturated rings. The van der Waals surface area contributed by atoms with Gasteiger partial charge >= 0.3 is 0 Å². The van der Waals surface area contributed by atoms with E-state index in [2.05, 4.69) is 33.0 Å². The molecular weight excluding hydrogens is 474 g/mol. The van der Waals surface area contributed by atoms with E-state index in [-0.39, 0.29) is 29.2 Å². The highest BCUT2D eigenvalue weighted by Crippen LogP contribution is 2.53. The predicted molar refractivity (Wildman–Crippen MR) is 138 cm³/mol. The van der Waals surface area contributed by atoms with Crippen molar-refractivity contribution in [2.24, 2.45) is 11.8 Å². The molecule has 2 saturated carbocycles. The van der Waals surface area contributed by atoms with Gasteiger partial charge in [0.05, 0.1) is 25.0 Å². The molecule has 1 saturated heterocycles. The molecule has 1 amide bonds. The van der Waals surface area contributed by atoms with E-state index in [0.717, 1.165) is 25.7 Å². The summed E-state index contributed by atoms with van der Waals surface area (Å²) in [5.74, 6) is 1.69. The lowest BCUT2D eigenvalue weighted by Crippen LogP contribution is -2.45. The first-order valence-electron chi connectivity index (χ1n) is 12.9. The highest BCUT2D eigenvalue weighted by molar-refractivity contribution is 6.00. The summed E-state index contributed by atoms with van der Waals surface area (Å²) in [6, 6.07) is 5.59. The largest absolute Gasteiger partial charge is 0.381 e. The summed E-state index contributed by atoms with van der Waals surface area (Å²) < 4.78 is 14.6. The Kier molecular flexibility index (Phi) is 5.91. The fourth-order valence-corrected chi connectivity index (χ4v) is 5.98. The van der Waals surface area contributed by atoms with E-state index in [4.69, 9.17) is 9.47 Å². The molecule has 1 aliphatic heterocycles. The first-order valence-corrected chi connectivity index (χ1v) is 12.9. The van der Waals surface area contributed by atoms with Gasteiger partial charge in [-0.1, -0.05) is 0 Å². The lowest BCUT2D eigenvalue weighted by atomic mass is 9.83. The van der Waals surface area contributed by atoms with Gasteiger partial charge in [0.1, 0.15) is 22.9 Å². The predicted octanol–water partition coefficient (Wildman–Crippen LogP) is 2.57. The summed E-state index contributed by atoms with van der Waals surface area (Å²) in [7, 11) is 3.50. The zero-order valence-electron chi connectivity index (χ0n) is 21.4. The summed E-state index contributed by atoms with van der Waals surface area (Å²) in [4.78, 5) is 31.2. The zero-order chi connectivity index (χ0) is 25.7.